The summed E-state index contributed by atoms with van der Waals surface area (Å²) in [7, 11) is 1.30. The Morgan fingerprint density at radius 3 is 2.15 bits per heavy atom. The van der Waals surface area contributed by atoms with Crippen LogP contribution < -0.4 is 25.7 Å². The number of Topliss-reactive ketones (excluding diaryl/α,β-unsaturated/α-hetero) is 1. The van der Waals surface area contributed by atoms with Gasteiger partial charge < -0.3 is 29.7 Å². The summed E-state index contributed by atoms with van der Waals surface area (Å²) in [6.45, 7) is 24.2. The van der Waals surface area contributed by atoms with E-state index in [-0.39, 0.29) is 53.1 Å². The van der Waals surface area contributed by atoms with Gasteiger partial charge >= 0.3 is 35.0 Å². The van der Waals surface area contributed by atoms with Gasteiger partial charge in [0.1, 0.15) is 5.92 Å². The Morgan fingerprint density at radius 1 is 0.831 bits per heavy atom. The Hall–Kier alpha value is -4.02. The van der Waals surface area contributed by atoms with Crippen molar-refractivity contribution in [2.75, 3.05) is 13.7 Å². The van der Waals surface area contributed by atoms with Crippen molar-refractivity contribution in [3.8, 4) is 0 Å². The molecule has 2 unspecified atom stereocenters. The molecule has 2 aliphatic heterocycles. The third-order valence-electron chi connectivity index (χ3n) is 15.1. The number of methoxy groups -OCH3 is 1. The number of nitrogens with zero attached hydrogens (tertiary/aromatic N) is 4. The van der Waals surface area contributed by atoms with Crippen LogP contribution in [-0.4, -0.2) is 54.5 Å². The molecule has 0 N–H and O–H groups in total. The fourth-order valence-electron chi connectivity index (χ4n) is 10.8. The SMILES string of the molecule is C=Cc1c2[n-]c(c1C)/C=C1\[N-]/C(=C3\c4[n-]c(c(C)c4C(=O)[C@@H]3C(=O)OC)/C=c3\[n-]/c(c(C)c3CC)=C\2)[C@@H](CCC(=O)OCC2CC2CCC[C@H](C)CCC[C@H](C)CCCC(C)C)[C@@H]1C.[Mg+2]. The second kappa shape index (κ2) is 21.7. The van der Waals surface area contributed by atoms with Crippen molar-refractivity contribution in [3.05, 3.63) is 90.1 Å². The fourth-order valence-corrected chi connectivity index (χ4v) is 10.8. The molecule has 9 nitrogen and oxygen atoms in total. The van der Waals surface area contributed by atoms with Crippen molar-refractivity contribution in [2.45, 2.75) is 146 Å². The van der Waals surface area contributed by atoms with Gasteiger partial charge in [0.05, 0.1) is 13.7 Å². The van der Waals surface area contributed by atoms with Gasteiger partial charge in [-0.05, 0) is 87.0 Å². The van der Waals surface area contributed by atoms with Gasteiger partial charge in [0.25, 0.3) is 0 Å². The van der Waals surface area contributed by atoms with Crippen LogP contribution in [0, 0.1) is 68.1 Å². The van der Waals surface area contributed by atoms with E-state index in [0.717, 1.165) is 80.6 Å². The number of hydrogen-bond acceptors (Lipinski definition) is 5. The molecular formula is C55H72MgN4O5-2. The van der Waals surface area contributed by atoms with E-state index in [1.165, 1.54) is 64.9 Å². The largest absolute Gasteiger partial charge is 2.00 e. The quantitative estimate of drug-likeness (QED) is 0.0624. The number of carbonyl (C=O) groups is 3. The maximum absolute atomic E-state index is 14.4. The smallest absolute Gasteiger partial charge is 0.664 e. The second-order valence-electron chi connectivity index (χ2n) is 20.2. The zero-order valence-corrected chi connectivity index (χ0v) is 42.5. The van der Waals surface area contributed by atoms with Gasteiger partial charge in [-0.3, -0.25) is 14.4 Å². The van der Waals surface area contributed by atoms with Crippen LogP contribution in [0.25, 0.3) is 35.2 Å². The zero-order chi connectivity index (χ0) is 46.0. The van der Waals surface area contributed by atoms with E-state index in [9.17, 15) is 14.4 Å². The second-order valence-corrected chi connectivity index (χ2v) is 20.2. The van der Waals surface area contributed by atoms with E-state index in [2.05, 4.69) is 55.0 Å². The van der Waals surface area contributed by atoms with E-state index in [1.807, 2.05) is 38.2 Å². The molecular weight excluding hydrogens is 821 g/mol. The van der Waals surface area contributed by atoms with Gasteiger partial charge in [0, 0.05) is 12.0 Å². The van der Waals surface area contributed by atoms with E-state index in [0.29, 0.717) is 58.6 Å². The van der Waals surface area contributed by atoms with Crippen LogP contribution in [0.2, 0.25) is 0 Å². The molecule has 2 aliphatic carbocycles. The fraction of sp³-hybridized carbons (Fsp3) is 0.582. The van der Waals surface area contributed by atoms with Gasteiger partial charge in [-0.15, -0.1) is 33.5 Å². The maximum Gasteiger partial charge on any atom is 2.00 e. The van der Waals surface area contributed by atoms with Crippen LogP contribution in [0.4, 0.5) is 0 Å². The minimum atomic E-state index is -1.21. The number of carbonyl (C=O) groups excluding carboxylic acids is 3. The molecule has 65 heavy (non-hydrogen) atoms. The summed E-state index contributed by atoms with van der Waals surface area (Å²) in [6.07, 6.45) is 22.1. The molecule has 10 heteroatoms. The first-order valence-electron chi connectivity index (χ1n) is 24.4. The van der Waals surface area contributed by atoms with Gasteiger partial charge in [0.2, 0.25) is 0 Å². The third-order valence-corrected chi connectivity index (χ3v) is 15.1. The third kappa shape index (κ3) is 10.9. The van der Waals surface area contributed by atoms with Gasteiger partial charge in [0.15, 0.2) is 5.78 Å². The molecule has 3 aromatic heterocycles. The number of esters is 2. The summed E-state index contributed by atoms with van der Waals surface area (Å²) >= 11 is 0. The average Bonchev–Trinajstić information content (AvgIpc) is 3.39. The molecule has 4 aliphatic rings. The van der Waals surface area contributed by atoms with E-state index >= 15 is 0 Å². The first kappa shape index (κ1) is 50.4. The van der Waals surface area contributed by atoms with Crippen LogP contribution in [0.5, 0.6) is 0 Å². The molecule has 2 fully saturated rings. The van der Waals surface area contributed by atoms with E-state index in [4.69, 9.17) is 29.7 Å². The topological polar surface area (TPSA) is 126 Å². The van der Waals surface area contributed by atoms with Crippen molar-refractivity contribution in [1.82, 2.24) is 15.0 Å². The molecule has 3 aromatic rings. The van der Waals surface area contributed by atoms with Crippen LogP contribution in [0.3, 0.4) is 0 Å². The number of ether oxygens (including phenoxy) is 2. The maximum atomic E-state index is 14.4. The van der Waals surface area contributed by atoms with Gasteiger partial charge in [-0.2, -0.15) is 11.4 Å². The standard InChI is InChI=1S/C55H73N4O5.Mg/c1-12-39-33(7)42-26-44-35(9)41(23-24-48(60)64-29-38-25-37(38)22-16-21-32(6)20-15-19-31(5)18-14-17-30(3)4)52(58-44)50-51(55(62)63-11)54(61)49-36(10)45(59-53(49)50)28-47-40(13-2)34(8)43(57-47)27-46(39)56-42;/h12,26-28,30-32,35,37-38,41,51H,1,13-25,29H2,2-11H3,(H-,58,59,61);/q-3;+2/p-1/b43-27-,44-26-,47-28-;/t31-,32-,35+,37?,38?,41+,51-;/m1./s1. The molecule has 0 radical (unpaired) electrons. The molecule has 7 atom stereocenters. The molecule has 5 heterocycles. The van der Waals surface area contributed by atoms with Gasteiger partial charge in [-0.1, -0.05) is 158 Å². The summed E-state index contributed by atoms with van der Waals surface area (Å²) in [5.41, 5.74) is 9.61. The molecule has 1 saturated heterocycles. The number of rotatable bonds is 20. The predicted octanol–water partition coefficient (Wildman–Crippen LogP) is 10.1. The van der Waals surface area contributed by atoms with Crippen LogP contribution in [-0.2, 0) is 25.5 Å². The minimum absolute atomic E-state index is 0. The average molecular weight is 894 g/mol. The summed E-state index contributed by atoms with van der Waals surface area (Å²) < 4.78 is 11.2. The summed E-state index contributed by atoms with van der Waals surface area (Å²) in [4.78, 5) is 56.7. The van der Waals surface area contributed by atoms with Crippen molar-refractivity contribution >= 4 is 70.7 Å². The number of hydrogen-bond donors (Lipinski definition) is 0. The number of aromatic nitrogens is 3. The molecule has 0 amide bonds. The van der Waals surface area contributed by atoms with Crippen LogP contribution in [0.1, 0.15) is 180 Å². The first-order valence-corrected chi connectivity index (χ1v) is 24.4. The molecule has 0 spiro atoms. The zero-order valence-electron chi connectivity index (χ0n) is 41.1. The van der Waals surface area contributed by atoms with Crippen molar-refractivity contribution in [1.29, 1.82) is 0 Å². The van der Waals surface area contributed by atoms with E-state index in [1.54, 1.807) is 0 Å². The Morgan fingerprint density at radius 2 is 1.49 bits per heavy atom. The van der Waals surface area contributed by atoms with Crippen molar-refractivity contribution in [2.24, 2.45) is 47.3 Å². The normalized spacial score (nSPS) is 24.5. The Labute approximate surface area is 404 Å². The minimum Gasteiger partial charge on any atom is -0.664 e. The monoisotopic (exact) mass is 893 g/mol. The van der Waals surface area contributed by atoms with Crippen LogP contribution in [0.15, 0.2) is 18.0 Å². The van der Waals surface area contributed by atoms with Crippen molar-refractivity contribution < 1.29 is 23.9 Å². The molecule has 7 rings (SSSR count). The Balaban J connectivity index is 0.00000700. The Kier molecular flexibility index (Phi) is 16.8. The molecule has 0 aromatic carbocycles. The molecule has 1 saturated carbocycles. The van der Waals surface area contributed by atoms with Crippen molar-refractivity contribution in [3.63, 3.8) is 0 Å². The Bertz CT molecular complexity index is 2440. The predicted molar refractivity (Wildman–Crippen MR) is 262 cm³/mol. The first-order chi connectivity index (χ1) is 30.6. The van der Waals surface area contributed by atoms with Crippen LogP contribution >= 0.6 is 0 Å². The summed E-state index contributed by atoms with van der Waals surface area (Å²) in [5, 5.41) is 6.87. The number of fused-ring (bicyclic) bond motifs is 7. The molecule has 346 valence electrons. The van der Waals surface area contributed by atoms with Gasteiger partial charge in [-0.25, -0.2) is 0 Å². The summed E-state index contributed by atoms with van der Waals surface area (Å²) in [5.74, 6) is 0.581. The number of ketones is 1. The van der Waals surface area contributed by atoms with E-state index < -0.39 is 11.9 Å². The number of allylic oxidation sites excluding steroid dienone is 2. The summed E-state index contributed by atoms with van der Waals surface area (Å²) in [6, 6.07) is 0. The molecule has 8 bridgehead atoms.